The van der Waals surface area contributed by atoms with Crippen molar-refractivity contribution in [2.24, 2.45) is 5.92 Å². The summed E-state index contributed by atoms with van der Waals surface area (Å²) in [5.41, 5.74) is 0.933. The molecule has 0 saturated carbocycles. The van der Waals surface area contributed by atoms with Crippen molar-refractivity contribution in [3.05, 3.63) is 58.9 Å². The molecule has 2 aromatic rings. The Labute approximate surface area is 135 Å². The van der Waals surface area contributed by atoms with Crippen LogP contribution in [0.2, 0.25) is 5.02 Å². The average molecular weight is 342 g/mol. The molecule has 0 aliphatic heterocycles. The lowest BCUT2D eigenvalue weighted by atomic mass is 10.0. The number of benzene rings is 2. The smallest absolute Gasteiger partial charge is 0.261 e. The van der Waals surface area contributed by atoms with Crippen molar-refractivity contribution in [2.75, 3.05) is 4.72 Å². The highest BCUT2D eigenvalue weighted by Crippen LogP contribution is 2.22. The van der Waals surface area contributed by atoms with Crippen LogP contribution in [0.4, 0.5) is 10.1 Å². The van der Waals surface area contributed by atoms with E-state index in [1.54, 1.807) is 12.1 Å². The molecule has 0 unspecified atom stereocenters. The first-order chi connectivity index (χ1) is 10.3. The molecule has 0 atom stereocenters. The molecule has 118 valence electrons. The van der Waals surface area contributed by atoms with E-state index in [0.717, 1.165) is 18.1 Å². The Bertz CT molecular complexity index is 758. The maximum atomic E-state index is 13.7. The van der Waals surface area contributed by atoms with Gasteiger partial charge in [-0.2, -0.15) is 0 Å². The molecule has 0 fully saturated rings. The second-order valence-corrected chi connectivity index (χ2v) is 7.59. The summed E-state index contributed by atoms with van der Waals surface area (Å²) < 4.78 is 40.4. The number of anilines is 1. The largest absolute Gasteiger partial charge is 0.277 e. The molecule has 6 heteroatoms. The normalized spacial score (nSPS) is 11.7. The summed E-state index contributed by atoms with van der Waals surface area (Å²) in [6, 6.07) is 10.4. The van der Waals surface area contributed by atoms with Crippen LogP contribution in [0.1, 0.15) is 19.4 Å². The summed E-state index contributed by atoms with van der Waals surface area (Å²) in [6.45, 7) is 4.19. The van der Waals surface area contributed by atoms with Gasteiger partial charge in [0, 0.05) is 5.02 Å². The Morgan fingerprint density at radius 2 is 1.77 bits per heavy atom. The fourth-order valence-corrected chi connectivity index (χ4v) is 3.28. The quantitative estimate of drug-likeness (QED) is 0.871. The van der Waals surface area contributed by atoms with Crippen LogP contribution in [0.15, 0.2) is 47.4 Å². The van der Waals surface area contributed by atoms with Gasteiger partial charge in [0.1, 0.15) is 5.82 Å². The van der Waals surface area contributed by atoms with Crippen LogP contribution in [0.5, 0.6) is 0 Å². The molecule has 0 bridgehead atoms. The molecular formula is C16H17ClFNO2S. The van der Waals surface area contributed by atoms with Crippen molar-refractivity contribution in [3.63, 3.8) is 0 Å². The number of hydrogen-bond donors (Lipinski definition) is 1. The van der Waals surface area contributed by atoms with E-state index in [2.05, 4.69) is 18.6 Å². The zero-order valence-corrected chi connectivity index (χ0v) is 13.9. The van der Waals surface area contributed by atoms with E-state index in [9.17, 15) is 12.8 Å². The Morgan fingerprint density at radius 1 is 1.14 bits per heavy atom. The average Bonchev–Trinajstić information content (AvgIpc) is 2.42. The lowest BCUT2D eigenvalue weighted by Gasteiger charge is -2.10. The molecule has 0 heterocycles. The van der Waals surface area contributed by atoms with Crippen LogP contribution in [-0.4, -0.2) is 8.42 Å². The van der Waals surface area contributed by atoms with Gasteiger partial charge in [-0.1, -0.05) is 37.6 Å². The first kappa shape index (κ1) is 16.8. The fourth-order valence-electron chi connectivity index (χ4n) is 2.05. The molecule has 0 amide bonds. The summed E-state index contributed by atoms with van der Waals surface area (Å²) in [6.07, 6.45) is 0.875. The maximum Gasteiger partial charge on any atom is 0.261 e. The van der Waals surface area contributed by atoms with E-state index < -0.39 is 15.8 Å². The second-order valence-electron chi connectivity index (χ2n) is 5.47. The van der Waals surface area contributed by atoms with Crippen LogP contribution in [0, 0.1) is 11.7 Å². The first-order valence-corrected chi connectivity index (χ1v) is 8.71. The number of hydrogen-bond acceptors (Lipinski definition) is 2. The highest BCUT2D eigenvalue weighted by atomic mass is 35.5. The number of halogens is 2. The Kier molecular flexibility index (Phi) is 5.08. The topological polar surface area (TPSA) is 46.2 Å². The van der Waals surface area contributed by atoms with Gasteiger partial charge >= 0.3 is 0 Å². The third-order valence-corrected chi connectivity index (χ3v) is 4.67. The highest BCUT2D eigenvalue weighted by Gasteiger charge is 2.16. The molecule has 1 N–H and O–H groups in total. The van der Waals surface area contributed by atoms with Gasteiger partial charge < -0.3 is 0 Å². The zero-order chi connectivity index (χ0) is 16.3. The van der Waals surface area contributed by atoms with Crippen LogP contribution < -0.4 is 4.72 Å². The standard InChI is InChI=1S/C16H17ClFNO2S/c1-11(2)9-12-3-6-14(7-4-12)22(20,21)19-16-8-5-13(17)10-15(16)18/h3-8,10-11,19H,9H2,1-2H3. The zero-order valence-electron chi connectivity index (χ0n) is 12.3. The van der Waals surface area contributed by atoms with Gasteiger partial charge in [0.15, 0.2) is 0 Å². The summed E-state index contributed by atoms with van der Waals surface area (Å²) in [7, 11) is -3.83. The first-order valence-electron chi connectivity index (χ1n) is 6.85. The Hall–Kier alpha value is -1.59. The number of sulfonamides is 1. The lowest BCUT2D eigenvalue weighted by Crippen LogP contribution is -2.14. The molecule has 2 rings (SSSR count). The molecule has 0 aromatic heterocycles. The summed E-state index contributed by atoms with van der Waals surface area (Å²) in [4.78, 5) is 0.0920. The second kappa shape index (κ2) is 6.67. The van der Waals surface area contributed by atoms with Crippen LogP contribution in [0.3, 0.4) is 0 Å². The van der Waals surface area contributed by atoms with Crippen molar-refractivity contribution in [1.29, 1.82) is 0 Å². The van der Waals surface area contributed by atoms with E-state index in [1.165, 1.54) is 24.3 Å². The minimum Gasteiger partial charge on any atom is -0.277 e. The molecular weight excluding hydrogens is 325 g/mol. The molecule has 0 radical (unpaired) electrons. The van der Waals surface area contributed by atoms with Crippen molar-refractivity contribution < 1.29 is 12.8 Å². The molecule has 0 spiro atoms. The Balaban J connectivity index is 2.23. The van der Waals surface area contributed by atoms with Crippen LogP contribution in [0.25, 0.3) is 0 Å². The lowest BCUT2D eigenvalue weighted by molar-refractivity contribution is 0.598. The molecule has 0 saturated heterocycles. The van der Waals surface area contributed by atoms with E-state index in [1.807, 2.05) is 0 Å². The van der Waals surface area contributed by atoms with Gasteiger partial charge in [0.25, 0.3) is 10.0 Å². The third kappa shape index (κ3) is 4.21. The number of nitrogens with one attached hydrogen (secondary N) is 1. The number of rotatable bonds is 5. The molecule has 0 aliphatic carbocycles. The van der Waals surface area contributed by atoms with Gasteiger partial charge in [0.05, 0.1) is 10.6 Å². The van der Waals surface area contributed by atoms with Gasteiger partial charge in [0.2, 0.25) is 0 Å². The molecule has 0 aliphatic rings. The third-order valence-electron chi connectivity index (χ3n) is 3.05. The van der Waals surface area contributed by atoms with Gasteiger partial charge in [-0.05, 0) is 48.2 Å². The highest BCUT2D eigenvalue weighted by molar-refractivity contribution is 7.92. The van der Waals surface area contributed by atoms with Crippen molar-refractivity contribution in [1.82, 2.24) is 0 Å². The minimum atomic E-state index is -3.83. The molecule has 2 aromatic carbocycles. The molecule has 22 heavy (non-hydrogen) atoms. The van der Waals surface area contributed by atoms with Gasteiger partial charge in [-0.3, -0.25) is 4.72 Å². The van der Waals surface area contributed by atoms with Gasteiger partial charge in [-0.15, -0.1) is 0 Å². The summed E-state index contributed by atoms with van der Waals surface area (Å²) >= 11 is 5.65. The van der Waals surface area contributed by atoms with Crippen LogP contribution in [-0.2, 0) is 16.4 Å². The minimum absolute atomic E-state index is 0.0920. The van der Waals surface area contributed by atoms with Crippen molar-refractivity contribution in [2.45, 2.75) is 25.2 Å². The van der Waals surface area contributed by atoms with Gasteiger partial charge in [-0.25, -0.2) is 12.8 Å². The summed E-state index contributed by atoms with van der Waals surface area (Å²) in [5, 5.41) is 0.207. The summed E-state index contributed by atoms with van der Waals surface area (Å²) in [5.74, 6) is -0.226. The van der Waals surface area contributed by atoms with E-state index in [0.29, 0.717) is 5.92 Å². The van der Waals surface area contributed by atoms with Crippen molar-refractivity contribution in [3.8, 4) is 0 Å². The predicted molar refractivity (Wildman–Crippen MR) is 87.2 cm³/mol. The molecule has 3 nitrogen and oxygen atoms in total. The van der Waals surface area contributed by atoms with E-state index >= 15 is 0 Å². The maximum absolute atomic E-state index is 13.7. The fraction of sp³-hybridized carbons (Fsp3) is 0.250. The van der Waals surface area contributed by atoms with E-state index in [4.69, 9.17) is 11.6 Å². The SMILES string of the molecule is CC(C)Cc1ccc(S(=O)(=O)Nc2ccc(Cl)cc2F)cc1. The monoisotopic (exact) mass is 341 g/mol. The van der Waals surface area contributed by atoms with Crippen LogP contribution >= 0.6 is 11.6 Å². The van der Waals surface area contributed by atoms with E-state index in [-0.39, 0.29) is 15.6 Å². The Morgan fingerprint density at radius 3 is 2.32 bits per heavy atom. The predicted octanol–water partition coefficient (Wildman–Crippen LogP) is 4.48. The van der Waals surface area contributed by atoms with Crippen molar-refractivity contribution >= 4 is 27.3 Å².